The Morgan fingerprint density at radius 3 is 2.53 bits per heavy atom. The van der Waals surface area contributed by atoms with Crippen molar-refractivity contribution in [1.29, 1.82) is 0 Å². The number of oxazole rings is 1. The largest absolute Gasteiger partial charge is 0.436 e. The summed E-state index contributed by atoms with van der Waals surface area (Å²) >= 11 is 0. The Labute approximate surface area is 115 Å². The van der Waals surface area contributed by atoms with Crippen molar-refractivity contribution in [3.63, 3.8) is 0 Å². The summed E-state index contributed by atoms with van der Waals surface area (Å²) in [4.78, 5) is 4.36. The molecule has 5 heteroatoms. The van der Waals surface area contributed by atoms with Crippen LogP contribution in [0.15, 0.2) is 46.9 Å². The van der Waals surface area contributed by atoms with Crippen LogP contribution in [0.3, 0.4) is 0 Å². The number of nitrogens with two attached hydrogens (primary N) is 1. The van der Waals surface area contributed by atoms with Crippen molar-refractivity contribution in [2.75, 3.05) is 0 Å². The molecule has 2 aromatic carbocycles. The highest BCUT2D eigenvalue weighted by atomic mass is 35.5. The van der Waals surface area contributed by atoms with Crippen LogP contribution >= 0.6 is 12.4 Å². The quantitative estimate of drug-likeness (QED) is 0.780. The lowest BCUT2D eigenvalue weighted by molar-refractivity contribution is 0.616. The van der Waals surface area contributed by atoms with Crippen LogP contribution in [0.4, 0.5) is 4.39 Å². The van der Waals surface area contributed by atoms with Crippen LogP contribution in [0.2, 0.25) is 0 Å². The van der Waals surface area contributed by atoms with Gasteiger partial charge in [-0.05, 0) is 42.0 Å². The van der Waals surface area contributed by atoms with E-state index in [0.717, 1.165) is 16.6 Å². The van der Waals surface area contributed by atoms with Crippen LogP contribution in [0, 0.1) is 5.82 Å². The number of aromatic nitrogens is 1. The fourth-order valence-corrected chi connectivity index (χ4v) is 1.81. The molecule has 3 rings (SSSR count). The van der Waals surface area contributed by atoms with Gasteiger partial charge in [-0.1, -0.05) is 6.07 Å². The van der Waals surface area contributed by atoms with E-state index in [1.54, 1.807) is 12.1 Å². The molecule has 0 aliphatic carbocycles. The smallest absolute Gasteiger partial charge is 0.227 e. The number of fused-ring (bicyclic) bond motifs is 1. The zero-order chi connectivity index (χ0) is 12.5. The number of hydrogen-bond acceptors (Lipinski definition) is 3. The molecule has 2 N–H and O–H groups in total. The number of halogens is 2. The summed E-state index contributed by atoms with van der Waals surface area (Å²) in [7, 11) is 0. The van der Waals surface area contributed by atoms with E-state index in [2.05, 4.69) is 4.98 Å². The highest BCUT2D eigenvalue weighted by molar-refractivity contribution is 5.85. The molecule has 0 bridgehead atoms. The minimum Gasteiger partial charge on any atom is -0.436 e. The summed E-state index contributed by atoms with van der Waals surface area (Å²) < 4.78 is 18.5. The summed E-state index contributed by atoms with van der Waals surface area (Å²) in [6, 6.07) is 11.7. The van der Waals surface area contributed by atoms with E-state index in [-0.39, 0.29) is 18.2 Å². The van der Waals surface area contributed by atoms with E-state index >= 15 is 0 Å². The molecule has 0 radical (unpaired) electrons. The number of nitrogens with zero attached hydrogens (tertiary/aromatic N) is 1. The van der Waals surface area contributed by atoms with Crippen molar-refractivity contribution in [2.45, 2.75) is 6.54 Å². The Kier molecular flexibility index (Phi) is 3.83. The van der Waals surface area contributed by atoms with Gasteiger partial charge in [-0.2, -0.15) is 0 Å². The summed E-state index contributed by atoms with van der Waals surface area (Å²) in [5, 5.41) is 0. The third-order valence-corrected chi connectivity index (χ3v) is 2.78. The molecule has 0 saturated carbocycles. The van der Waals surface area contributed by atoms with Gasteiger partial charge in [-0.15, -0.1) is 12.4 Å². The molecule has 98 valence electrons. The standard InChI is InChI=1S/C14H11FN2O.ClH/c15-11-4-2-10(3-5-11)14-17-12-6-1-9(8-16)7-13(12)18-14;/h1-7H,8,16H2;1H. The molecular formula is C14H12ClFN2O. The molecule has 0 aliphatic heterocycles. The number of benzene rings is 2. The lowest BCUT2D eigenvalue weighted by Gasteiger charge is -1.94. The second kappa shape index (κ2) is 5.38. The van der Waals surface area contributed by atoms with E-state index in [4.69, 9.17) is 10.2 Å². The van der Waals surface area contributed by atoms with Gasteiger partial charge in [0.15, 0.2) is 5.58 Å². The Balaban J connectivity index is 0.00000133. The molecule has 19 heavy (non-hydrogen) atoms. The molecular weight excluding hydrogens is 267 g/mol. The fourth-order valence-electron chi connectivity index (χ4n) is 1.81. The van der Waals surface area contributed by atoms with Crippen molar-refractivity contribution in [3.05, 3.63) is 53.8 Å². The minimum absolute atomic E-state index is 0. The third-order valence-electron chi connectivity index (χ3n) is 2.78. The topological polar surface area (TPSA) is 52.0 Å². The van der Waals surface area contributed by atoms with Crippen LogP contribution in [0.1, 0.15) is 5.56 Å². The van der Waals surface area contributed by atoms with Crippen LogP contribution in [0.5, 0.6) is 0 Å². The van der Waals surface area contributed by atoms with Gasteiger partial charge in [0.2, 0.25) is 5.89 Å². The minimum atomic E-state index is -0.278. The van der Waals surface area contributed by atoms with Crippen molar-refractivity contribution in [3.8, 4) is 11.5 Å². The lowest BCUT2D eigenvalue weighted by atomic mass is 10.2. The zero-order valence-corrected chi connectivity index (χ0v) is 10.8. The zero-order valence-electron chi connectivity index (χ0n) is 9.97. The monoisotopic (exact) mass is 278 g/mol. The molecule has 0 saturated heterocycles. The van der Waals surface area contributed by atoms with Gasteiger partial charge in [0.25, 0.3) is 0 Å². The first kappa shape index (κ1) is 13.5. The maximum atomic E-state index is 12.8. The third kappa shape index (κ3) is 2.59. The highest BCUT2D eigenvalue weighted by Gasteiger charge is 2.08. The predicted octanol–water partition coefficient (Wildman–Crippen LogP) is 3.51. The van der Waals surface area contributed by atoms with Crippen molar-refractivity contribution in [1.82, 2.24) is 4.98 Å². The van der Waals surface area contributed by atoms with Crippen LogP contribution < -0.4 is 5.73 Å². The Morgan fingerprint density at radius 2 is 1.84 bits per heavy atom. The Bertz CT molecular complexity index is 694. The van der Waals surface area contributed by atoms with Gasteiger partial charge in [0, 0.05) is 12.1 Å². The van der Waals surface area contributed by atoms with Crippen LogP contribution in [-0.2, 0) is 6.54 Å². The number of hydrogen-bond donors (Lipinski definition) is 1. The first-order chi connectivity index (χ1) is 8.76. The van der Waals surface area contributed by atoms with Crippen LogP contribution in [0.25, 0.3) is 22.6 Å². The maximum absolute atomic E-state index is 12.8. The molecule has 0 unspecified atom stereocenters. The fraction of sp³-hybridized carbons (Fsp3) is 0.0714. The summed E-state index contributed by atoms with van der Waals surface area (Å²) in [5.74, 6) is 0.208. The number of rotatable bonds is 2. The van der Waals surface area contributed by atoms with Gasteiger partial charge in [-0.25, -0.2) is 9.37 Å². The summed E-state index contributed by atoms with van der Waals surface area (Å²) in [5.41, 5.74) is 8.78. The highest BCUT2D eigenvalue weighted by Crippen LogP contribution is 2.24. The van der Waals surface area contributed by atoms with E-state index < -0.39 is 0 Å². The Hall–Kier alpha value is -1.91. The Morgan fingerprint density at radius 1 is 1.11 bits per heavy atom. The predicted molar refractivity (Wildman–Crippen MR) is 74.5 cm³/mol. The molecule has 3 aromatic rings. The maximum Gasteiger partial charge on any atom is 0.227 e. The molecule has 0 atom stereocenters. The molecule has 3 nitrogen and oxygen atoms in total. The first-order valence-electron chi connectivity index (χ1n) is 5.62. The SMILES string of the molecule is Cl.NCc1ccc2nc(-c3ccc(F)cc3)oc2c1. The average Bonchev–Trinajstić information content (AvgIpc) is 2.82. The van der Waals surface area contributed by atoms with Crippen LogP contribution in [-0.4, -0.2) is 4.98 Å². The van der Waals surface area contributed by atoms with Crippen molar-refractivity contribution < 1.29 is 8.81 Å². The van der Waals surface area contributed by atoms with E-state index in [1.165, 1.54) is 12.1 Å². The summed E-state index contributed by atoms with van der Waals surface area (Å²) in [6.07, 6.45) is 0. The van der Waals surface area contributed by atoms with E-state index in [1.807, 2.05) is 18.2 Å². The van der Waals surface area contributed by atoms with Gasteiger partial charge < -0.3 is 10.2 Å². The lowest BCUT2D eigenvalue weighted by Crippen LogP contribution is -1.94. The molecule has 0 aliphatic rings. The summed E-state index contributed by atoms with van der Waals surface area (Å²) in [6.45, 7) is 0.461. The normalized spacial score (nSPS) is 10.4. The second-order valence-corrected chi connectivity index (χ2v) is 4.03. The van der Waals surface area contributed by atoms with Gasteiger partial charge >= 0.3 is 0 Å². The van der Waals surface area contributed by atoms with E-state index in [9.17, 15) is 4.39 Å². The van der Waals surface area contributed by atoms with Crippen molar-refractivity contribution >= 4 is 23.5 Å². The molecule has 0 fully saturated rings. The molecule has 1 aromatic heterocycles. The van der Waals surface area contributed by atoms with Gasteiger partial charge in [0.1, 0.15) is 11.3 Å². The van der Waals surface area contributed by atoms with Crippen molar-refractivity contribution in [2.24, 2.45) is 5.73 Å². The molecule has 0 amide bonds. The van der Waals surface area contributed by atoms with E-state index in [0.29, 0.717) is 18.0 Å². The van der Waals surface area contributed by atoms with Gasteiger partial charge in [0.05, 0.1) is 0 Å². The average molecular weight is 279 g/mol. The first-order valence-corrected chi connectivity index (χ1v) is 5.62. The van der Waals surface area contributed by atoms with Gasteiger partial charge in [-0.3, -0.25) is 0 Å². The second-order valence-electron chi connectivity index (χ2n) is 4.03. The molecule has 1 heterocycles. The molecule has 0 spiro atoms.